The van der Waals surface area contributed by atoms with Crippen LogP contribution in [0.1, 0.15) is 39.0 Å². The van der Waals surface area contributed by atoms with Crippen LogP contribution < -0.4 is 0 Å². The lowest BCUT2D eigenvalue weighted by atomic mass is 9.80. The Bertz CT molecular complexity index is 279. The molecule has 1 saturated heterocycles. The van der Waals surface area contributed by atoms with Crippen molar-refractivity contribution in [1.82, 2.24) is 4.90 Å². The molecule has 0 spiro atoms. The quantitative estimate of drug-likeness (QED) is 0.808. The van der Waals surface area contributed by atoms with Gasteiger partial charge in [0.15, 0.2) is 0 Å². The fourth-order valence-electron chi connectivity index (χ4n) is 3.56. The topological polar surface area (TPSA) is 52.9 Å². The van der Waals surface area contributed by atoms with Crippen molar-refractivity contribution in [2.24, 2.45) is 11.8 Å². The lowest BCUT2D eigenvalue weighted by Crippen LogP contribution is -2.48. The highest BCUT2D eigenvalue weighted by molar-refractivity contribution is 4.86. The minimum Gasteiger partial charge on any atom is -0.393 e. The average Bonchev–Trinajstić information content (AvgIpc) is 2.34. The smallest absolute Gasteiger partial charge is 0.0817 e. The van der Waals surface area contributed by atoms with Gasteiger partial charge in [0.25, 0.3) is 0 Å². The number of aliphatic hydroxyl groups excluding tert-OH is 1. The van der Waals surface area contributed by atoms with Gasteiger partial charge in [0.05, 0.1) is 11.7 Å². The maximum atomic E-state index is 10.5. The van der Waals surface area contributed by atoms with E-state index < -0.39 is 5.60 Å². The molecule has 0 aromatic heterocycles. The standard InChI is InChI=1S/C15H29NO3/c1-12-3-4-14(17)13(9-12)10-16(2)11-15(18)5-7-19-8-6-15/h12-14,17-18H,3-11H2,1-2H3. The predicted octanol–water partition coefficient (Wildman–Crippen LogP) is 1.26. The summed E-state index contributed by atoms with van der Waals surface area (Å²) < 4.78 is 5.31. The second-order valence-corrected chi connectivity index (χ2v) is 6.78. The van der Waals surface area contributed by atoms with Gasteiger partial charge in [-0.2, -0.15) is 0 Å². The summed E-state index contributed by atoms with van der Waals surface area (Å²) in [6.07, 6.45) is 4.46. The minimum absolute atomic E-state index is 0.164. The highest BCUT2D eigenvalue weighted by Gasteiger charge is 2.33. The van der Waals surface area contributed by atoms with Crippen LogP contribution in [0, 0.1) is 11.8 Å². The van der Waals surface area contributed by atoms with Gasteiger partial charge in [-0.25, -0.2) is 0 Å². The van der Waals surface area contributed by atoms with Crippen LogP contribution in [-0.2, 0) is 4.74 Å². The molecule has 1 aliphatic carbocycles. The zero-order valence-corrected chi connectivity index (χ0v) is 12.3. The van der Waals surface area contributed by atoms with Crippen molar-refractivity contribution in [3.05, 3.63) is 0 Å². The van der Waals surface area contributed by atoms with Crippen LogP contribution in [-0.4, -0.2) is 60.2 Å². The monoisotopic (exact) mass is 271 g/mol. The van der Waals surface area contributed by atoms with Gasteiger partial charge in [-0.05, 0) is 38.1 Å². The molecule has 2 rings (SSSR count). The number of rotatable bonds is 4. The van der Waals surface area contributed by atoms with Crippen LogP contribution in [0.4, 0.5) is 0 Å². The molecule has 0 bridgehead atoms. The van der Waals surface area contributed by atoms with Gasteiger partial charge >= 0.3 is 0 Å². The van der Waals surface area contributed by atoms with E-state index in [4.69, 9.17) is 4.74 Å². The van der Waals surface area contributed by atoms with E-state index in [0.717, 1.165) is 38.6 Å². The molecular formula is C15H29NO3. The molecule has 0 amide bonds. The number of ether oxygens (including phenoxy) is 1. The summed E-state index contributed by atoms with van der Waals surface area (Å²) in [5, 5.41) is 20.6. The van der Waals surface area contributed by atoms with Gasteiger partial charge in [0.1, 0.15) is 0 Å². The van der Waals surface area contributed by atoms with E-state index in [-0.39, 0.29) is 6.10 Å². The first-order chi connectivity index (χ1) is 8.98. The number of hydrogen-bond donors (Lipinski definition) is 2. The van der Waals surface area contributed by atoms with E-state index in [0.29, 0.717) is 31.6 Å². The Morgan fingerprint density at radius 1 is 1.26 bits per heavy atom. The van der Waals surface area contributed by atoms with Crippen LogP contribution in [0.15, 0.2) is 0 Å². The summed E-state index contributed by atoms with van der Waals surface area (Å²) in [7, 11) is 2.05. The van der Waals surface area contributed by atoms with Gasteiger partial charge in [-0.15, -0.1) is 0 Å². The third-order valence-corrected chi connectivity index (χ3v) is 4.74. The Kier molecular flexibility index (Phi) is 5.23. The molecule has 112 valence electrons. The second kappa shape index (κ2) is 6.53. The van der Waals surface area contributed by atoms with E-state index in [9.17, 15) is 10.2 Å². The van der Waals surface area contributed by atoms with Crippen molar-refractivity contribution in [3.63, 3.8) is 0 Å². The largest absolute Gasteiger partial charge is 0.393 e. The van der Waals surface area contributed by atoms with Gasteiger partial charge < -0.3 is 19.8 Å². The Morgan fingerprint density at radius 2 is 1.95 bits per heavy atom. The zero-order chi connectivity index (χ0) is 13.9. The van der Waals surface area contributed by atoms with Crippen molar-refractivity contribution in [2.45, 2.75) is 50.7 Å². The first-order valence-corrected chi connectivity index (χ1v) is 7.65. The van der Waals surface area contributed by atoms with Crippen molar-refractivity contribution >= 4 is 0 Å². The number of aliphatic hydroxyl groups is 2. The Morgan fingerprint density at radius 3 is 2.63 bits per heavy atom. The lowest BCUT2D eigenvalue weighted by molar-refractivity contribution is -0.0812. The summed E-state index contributed by atoms with van der Waals surface area (Å²) in [6, 6.07) is 0. The summed E-state index contributed by atoms with van der Waals surface area (Å²) in [5.41, 5.74) is -0.599. The fraction of sp³-hybridized carbons (Fsp3) is 1.00. The SMILES string of the molecule is CC1CCC(O)C(CN(C)CC2(O)CCOCC2)C1. The van der Waals surface area contributed by atoms with Gasteiger partial charge in [0.2, 0.25) is 0 Å². The minimum atomic E-state index is -0.599. The van der Waals surface area contributed by atoms with E-state index in [1.165, 1.54) is 0 Å². The summed E-state index contributed by atoms with van der Waals surface area (Å²) in [5.74, 6) is 1.07. The van der Waals surface area contributed by atoms with Gasteiger partial charge in [-0.1, -0.05) is 6.92 Å². The number of nitrogens with zero attached hydrogens (tertiary/aromatic N) is 1. The maximum absolute atomic E-state index is 10.5. The van der Waals surface area contributed by atoms with Crippen molar-refractivity contribution in [2.75, 3.05) is 33.4 Å². The van der Waals surface area contributed by atoms with Crippen molar-refractivity contribution in [3.8, 4) is 0 Å². The van der Waals surface area contributed by atoms with Crippen LogP contribution in [0.25, 0.3) is 0 Å². The van der Waals surface area contributed by atoms with E-state index in [2.05, 4.69) is 18.9 Å². The van der Waals surface area contributed by atoms with Crippen LogP contribution in [0.5, 0.6) is 0 Å². The Labute approximate surface area is 116 Å². The molecule has 1 saturated carbocycles. The number of likely N-dealkylation sites (N-methyl/N-ethyl adjacent to an activating group) is 1. The van der Waals surface area contributed by atoms with Gasteiger partial charge in [0, 0.05) is 39.1 Å². The Balaban J connectivity index is 1.81. The molecule has 2 aliphatic rings. The van der Waals surface area contributed by atoms with E-state index in [1.807, 2.05) is 0 Å². The van der Waals surface area contributed by atoms with E-state index >= 15 is 0 Å². The molecule has 0 aromatic carbocycles. The zero-order valence-electron chi connectivity index (χ0n) is 12.3. The molecular weight excluding hydrogens is 242 g/mol. The van der Waals surface area contributed by atoms with Crippen molar-refractivity contribution < 1.29 is 14.9 Å². The highest BCUT2D eigenvalue weighted by atomic mass is 16.5. The molecule has 0 radical (unpaired) electrons. The van der Waals surface area contributed by atoms with Crippen LogP contribution in [0.2, 0.25) is 0 Å². The van der Waals surface area contributed by atoms with Crippen LogP contribution >= 0.6 is 0 Å². The van der Waals surface area contributed by atoms with Crippen molar-refractivity contribution in [1.29, 1.82) is 0 Å². The highest BCUT2D eigenvalue weighted by Crippen LogP contribution is 2.30. The Hall–Kier alpha value is -0.160. The molecule has 4 heteroatoms. The molecule has 19 heavy (non-hydrogen) atoms. The molecule has 2 N–H and O–H groups in total. The third kappa shape index (κ3) is 4.42. The summed E-state index contributed by atoms with van der Waals surface area (Å²) >= 11 is 0. The first-order valence-electron chi connectivity index (χ1n) is 7.65. The molecule has 1 heterocycles. The summed E-state index contributed by atoms with van der Waals surface area (Å²) in [4.78, 5) is 2.19. The van der Waals surface area contributed by atoms with Gasteiger partial charge in [-0.3, -0.25) is 0 Å². The fourth-order valence-corrected chi connectivity index (χ4v) is 3.56. The molecule has 0 aromatic rings. The molecule has 4 nitrogen and oxygen atoms in total. The number of hydrogen-bond acceptors (Lipinski definition) is 4. The van der Waals surface area contributed by atoms with E-state index in [1.54, 1.807) is 0 Å². The summed E-state index contributed by atoms with van der Waals surface area (Å²) in [6.45, 7) is 5.16. The maximum Gasteiger partial charge on any atom is 0.0817 e. The normalized spacial score (nSPS) is 35.5. The molecule has 1 aliphatic heterocycles. The van der Waals surface area contributed by atoms with Crippen LogP contribution in [0.3, 0.4) is 0 Å². The molecule has 2 fully saturated rings. The second-order valence-electron chi connectivity index (χ2n) is 6.78. The predicted molar refractivity (Wildman–Crippen MR) is 75.0 cm³/mol. The lowest BCUT2D eigenvalue weighted by Gasteiger charge is -2.39. The first kappa shape index (κ1) is 15.2. The average molecular weight is 271 g/mol. The third-order valence-electron chi connectivity index (χ3n) is 4.74. The molecule has 3 unspecified atom stereocenters. The molecule has 3 atom stereocenters.